The highest BCUT2D eigenvalue weighted by Gasteiger charge is 2.23. The molecule has 0 spiro atoms. The normalized spacial score (nSPS) is 15.2. The Labute approximate surface area is 219 Å². The molecule has 2 N–H and O–H groups in total. The van der Waals surface area contributed by atoms with Gasteiger partial charge in [-0.1, -0.05) is 37.7 Å². The number of sulfone groups is 1. The maximum atomic E-state index is 12.8. The molecule has 36 heavy (non-hydrogen) atoms. The van der Waals surface area contributed by atoms with Crippen LogP contribution in [0.5, 0.6) is 5.75 Å². The van der Waals surface area contributed by atoms with Gasteiger partial charge in [-0.15, -0.1) is 0 Å². The zero-order valence-electron chi connectivity index (χ0n) is 20.8. The Hall–Kier alpha value is -2.45. The SMILES string of the molecule is COc1cc(P2CCN(C)CC2)ccc1Nc1ncc(Cl)c(Nc2ccccc2S(=O)(=O)C(C)C)n1. The Balaban J connectivity index is 1.58. The van der Waals surface area contributed by atoms with Crippen molar-refractivity contribution in [2.24, 2.45) is 0 Å². The van der Waals surface area contributed by atoms with Gasteiger partial charge in [-0.3, -0.25) is 0 Å². The number of halogens is 1. The lowest BCUT2D eigenvalue weighted by Crippen LogP contribution is -2.32. The lowest BCUT2D eigenvalue weighted by molar-refractivity contribution is 0.369. The number of aromatic nitrogens is 2. The average Bonchev–Trinajstić information content (AvgIpc) is 2.87. The summed E-state index contributed by atoms with van der Waals surface area (Å²) in [5.41, 5.74) is 1.14. The van der Waals surface area contributed by atoms with E-state index in [9.17, 15) is 8.42 Å². The van der Waals surface area contributed by atoms with Crippen LogP contribution >= 0.6 is 19.5 Å². The third-order valence-electron chi connectivity index (χ3n) is 6.11. The first kappa shape index (κ1) is 26.6. The van der Waals surface area contributed by atoms with Crippen molar-refractivity contribution < 1.29 is 13.2 Å². The van der Waals surface area contributed by atoms with E-state index in [0.29, 0.717) is 17.5 Å². The topological polar surface area (TPSA) is 96.5 Å². The van der Waals surface area contributed by atoms with E-state index in [1.54, 1.807) is 45.2 Å². The van der Waals surface area contributed by atoms with Crippen LogP contribution in [0, 0.1) is 0 Å². The van der Waals surface area contributed by atoms with Crippen molar-refractivity contribution in [3.8, 4) is 5.75 Å². The van der Waals surface area contributed by atoms with Gasteiger partial charge in [-0.2, -0.15) is 4.98 Å². The van der Waals surface area contributed by atoms with Crippen LogP contribution < -0.4 is 20.7 Å². The molecule has 0 amide bonds. The van der Waals surface area contributed by atoms with Crippen molar-refractivity contribution in [3.05, 3.63) is 53.7 Å². The van der Waals surface area contributed by atoms with Crippen LogP contribution in [0.25, 0.3) is 0 Å². The summed E-state index contributed by atoms with van der Waals surface area (Å²) >= 11 is 6.36. The summed E-state index contributed by atoms with van der Waals surface area (Å²) in [6.07, 6.45) is 3.84. The molecule has 0 atom stereocenters. The largest absolute Gasteiger partial charge is 0.495 e. The number of nitrogens with one attached hydrogen (secondary N) is 2. The van der Waals surface area contributed by atoms with Gasteiger partial charge >= 0.3 is 0 Å². The Morgan fingerprint density at radius 3 is 2.50 bits per heavy atom. The van der Waals surface area contributed by atoms with Gasteiger partial charge in [0, 0.05) is 13.1 Å². The van der Waals surface area contributed by atoms with Gasteiger partial charge < -0.3 is 20.3 Å². The highest BCUT2D eigenvalue weighted by atomic mass is 35.5. The van der Waals surface area contributed by atoms with Gasteiger partial charge in [0.1, 0.15) is 10.8 Å². The predicted octanol–water partition coefficient (Wildman–Crippen LogP) is 4.86. The van der Waals surface area contributed by atoms with Crippen LogP contribution in [0.2, 0.25) is 5.02 Å². The summed E-state index contributed by atoms with van der Waals surface area (Å²) in [6, 6.07) is 12.9. The Morgan fingerprint density at radius 1 is 1.08 bits per heavy atom. The van der Waals surface area contributed by atoms with E-state index in [1.807, 2.05) is 6.07 Å². The van der Waals surface area contributed by atoms with Gasteiger partial charge in [0.15, 0.2) is 15.7 Å². The molecule has 1 fully saturated rings. The van der Waals surface area contributed by atoms with E-state index < -0.39 is 15.1 Å². The van der Waals surface area contributed by atoms with E-state index >= 15 is 0 Å². The van der Waals surface area contributed by atoms with Crippen LogP contribution in [0.3, 0.4) is 0 Å². The minimum absolute atomic E-state index is 0.192. The van der Waals surface area contributed by atoms with Crippen molar-refractivity contribution >= 4 is 57.8 Å². The fourth-order valence-electron chi connectivity index (χ4n) is 3.88. The smallest absolute Gasteiger partial charge is 0.229 e. The van der Waals surface area contributed by atoms with Gasteiger partial charge in [0.2, 0.25) is 5.95 Å². The first-order valence-corrected chi connectivity index (χ1v) is 15.3. The third kappa shape index (κ3) is 5.92. The first-order valence-electron chi connectivity index (χ1n) is 11.7. The Kier molecular flexibility index (Phi) is 8.35. The molecule has 0 radical (unpaired) electrons. The lowest BCUT2D eigenvalue weighted by atomic mass is 10.3. The number of benzene rings is 2. The number of anilines is 4. The van der Waals surface area contributed by atoms with Crippen LogP contribution in [-0.2, 0) is 9.84 Å². The molecule has 1 aromatic heterocycles. The van der Waals surface area contributed by atoms with E-state index in [0.717, 1.165) is 24.5 Å². The molecule has 2 aromatic carbocycles. The average molecular weight is 548 g/mol. The molecule has 2 heterocycles. The van der Waals surface area contributed by atoms with E-state index in [2.05, 4.69) is 44.7 Å². The van der Waals surface area contributed by atoms with Crippen molar-refractivity contribution in [2.75, 3.05) is 50.2 Å². The van der Waals surface area contributed by atoms with Crippen LogP contribution in [-0.4, -0.2) is 68.1 Å². The Morgan fingerprint density at radius 2 is 1.81 bits per heavy atom. The van der Waals surface area contributed by atoms with E-state index in [1.165, 1.54) is 23.8 Å². The number of nitrogens with zero attached hydrogens (tertiary/aromatic N) is 3. The highest BCUT2D eigenvalue weighted by Crippen LogP contribution is 2.39. The number of rotatable bonds is 8. The number of para-hydroxylation sites is 1. The van der Waals surface area contributed by atoms with Gasteiger partial charge in [-0.05, 0) is 62.8 Å². The summed E-state index contributed by atoms with van der Waals surface area (Å²) < 4.78 is 31.3. The molecule has 4 rings (SSSR count). The maximum absolute atomic E-state index is 12.8. The standard InChI is InChI=1S/C25H31ClN5O3PS/c1-17(2)36(32,33)23-8-6-5-7-21(23)28-24-19(26)16-27-25(30-24)29-20-10-9-18(15-22(20)34-4)35-13-11-31(3)12-14-35/h5-10,15-17H,11-14H2,1-4H3,(H2,27,28,29,30). The Bertz CT molecular complexity index is 1330. The van der Waals surface area contributed by atoms with Crippen LogP contribution in [0.4, 0.5) is 23.1 Å². The minimum Gasteiger partial charge on any atom is -0.495 e. The number of hydrogen-bond acceptors (Lipinski definition) is 8. The second kappa shape index (κ2) is 11.3. The van der Waals surface area contributed by atoms with Crippen molar-refractivity contribution in [2.45, 2.75) is 24.0 Å². The molecule has 11 heteroatoms. The number of hydrogen-bond donors (Lipinski definition) is 2. The molecule has 8 nitrogen and oxygen atoms in total. The molecular weight excluding hydrogens is 517 g/mol. The monoisotopic (exact) mass is 547 g/mol. The molecule has 0 bridgehead atoms. The zero-order valence-corrected chi connectivity index (χ0v) is 23.3. The van der Waals surface area contributed by atoms with E-state index in [-0.39, 0.29) is 17.8 Å². The second-order valence-corrected chi connectivity index (χ2v) is 14.3. The molecule has 1 aliphatic heterocycles. The fraction of sp³-hybridized carbons (Fsp3) is 0.360. The van der Waals surface area contributed by atoms with Crippen LogP contribution in [0.15, 0.2) is 53.6 Å². The predicted molar refractivity (Wildman–Crippen MR) is 149 cm³/mol. The second-order valence-electron chi connectivity index (χ2n) is 8.90. The van der Waals surface area contributed by atoms with Crippen molar-refractivity contribution in [1.82, 2.24) is 14.9 Å². The molecular formula is C25H31ClN5O3PS. The van der Waals surface area contributed by atoms with Gasteiger partial charge in [0.05, 0.1) is 34.8 Å². The molecule has 0 aliphatic carbocycles. The summed E-state index contributed by atoms with van der Waals surface area (Å²) in [4.78, 5) is 11.4. The lowest BCUT2D eigenvalue weighted by Gasteiger charge is -2.30. The number of methoxy groups -OCH3 is 1. The molecule has 0 unspecified atom stereocenters. The third-order valence-corrected chi connectivity index (χ3v) is 11.1. The number of ether oxygens (including phenoxy) is 1. The molecule has 1 aliphatic rings. The fourth-order valence-corrected chi connectivity index (χ4v) is 7.71. The van der Waals surface area contributed by atoms with Crippen molar-refractivity contribution in [1.29, 1.82) is 0 Å². The van der Waals surface area contributed by atoms with E-state index in [4.69, 9.17) is 16.3 Å². The molecule has 192 valence electrons. The summed E-state index contributed by atoms with van der Waals surface area (Å²) in [5.74, 6) is 1.32. The van der Waals surface area contributed by atoms with Gasteiger partial charge in [-0.25, -0.2) is 13.4 Å². The molecule has 0 saturated carbocycles. The zero-order chi connectivity index (χ0) is 25.9. The van der Waals surface area contributed by atoms with Crippen LogP contribution in [0.1, 0.15) is 13.8 Å². The van der Waals surface area contributed by atoms with Crippen molar-refractivity contribution in [3.63, 3.8) is 0 Å². The minimum atomic E-state index is -3.51. The summed E-state index contributed by atoms with van der Waals surface area (Å²) in [7, 11) is 0.104. The van der Waals surface area contributed by atoms with Gasteiger partial charge in [0.25, 0.3) is 0 Å². The summed E-state index contributed by atoms with van der Waals surface area (Å²) in [6.45, 7) is 5.53. The molecule has 1 saturated heterocycles. The quantitative estimate of drug-likeness (QED) is 0.386. The maximum Gasteiger partial charge on any atom is 0.229 e. The highest BCUT2D eigenvalue weighted by molar-refractivity contribution is 7.92. The summed E-state index contributed by atoms with van der Waals surface area (Å²) in [5, 5.41) is 7.31. The first-order chi connectivity index (χ1) is 17.2. The molecule has 3 aromatic rings.